The number of carbonyl (C=O) groups excluding carboxylic acids is 1. The maximum atomic E-state index is 12.1. The topological polar surface area (TPSA) is 54.0 Å². The number of hydrogen-bond donors (Lipinski definition) is 2. The highest BCUT2D eigenvalue weighted by Crippen LogP contribution is 2.17. The van der Waals surface area contributed by atoms with Crippen molar-refractivity contribution in [1.29, 1.82) is 0 Å². The molecule has 2 aromatic heterocycles. The Labute approximate surface area is 127 Å². The van der Waals surface area contributed by atoms with E-state index in [9.17, 15) is 4.79 Å². The molecule has 2 N–H and O–H groups in total. The van der Waals surface area contributed by atoms with E-state index < -0.39 is 0 Å². The van der Waals surface area contributed by atoms with E-state index in [4.69, 9.17) is 11.6 Å². The van der Waals surface area contributed by atoms with Crippen LogP contribution in [0.3, 0.4) is 0 Å². The molecule has 0 aliphatic heterocycles. The highest BCUT2D eigenvalue weighted by molar-refractivity contribution is 7.07. The predicted molar refractivity (Wildman–Crippen MR) is 83.5 cm³/mol. The number of thiophene rings is 1. The zero-order valence-corrected chi connectivity index (χ0v) is 12.7. The van der Waals surface area contributed by atoms with Crippen molar-refractivity contribution in [3.05, 3.63) is 45.2 Å². The first-order valence-electron chi connectivity index (χ1n) is 6.40. The van der Waals surface area contributed by atoms with Crippen molar-refractivity contribution in [3.8, 4) is 0 Å². The normalized spacial score (nSPS) is 10.3. The number of nitrogens with one attached hydrogen (secondary N) is 2. The molecule has 0 saturated carbocycles. The van der Waals surface area contributed by atoms with E-state index in [2.05, 4.69) is 22.5 Å². The molecule has 6 heteroatoms. The molecule has 0 saturated heterocycles. The van der Waals surface area contributed by atoms with E-state index in [1.165, 1.54) is 0 Å². The van der Waals surface area contributed by atoms with Crippen LogP contribution >= 0.6 is 22.9 Å². The molecule has 0 unspecified atom stereocenters. The summed E-state index contributed by atoms with van der Waals surface area (Å²) in [7, 11) is 0. The number of amides is 1. The number of halogens is 1. The molecular formula is C14H16ClN3OS. The van der Waals surface area contributed by atoms with Crippen LogP contribution in [0.4, 0.5) is 5.82 Å². The molecule has 2 aromatic rings. The molecule has 1 amide bonds. The fourth-order valence-electron chi connectivity index (χ4n) is 1.61. The highest BCUT2D eigenvalue weighted by Gasteiger charge is 2.13. The molecule has 106 valence electrons. The number of carbonyl (C=O) groups is 1. The summed E-state index contributed by atoms with van der Waals surface area (Å²) >= 11 is 7.64. The number of rotatable bonds is 6. The van der Waals surface area contributed by atoms with Gasteiger partial charge in [-0.1, -0.05) is 18.5 Å². The minimum atomic E-state index is -0.263. The number of hydrogen-bond acceptors (Lipinski definition) is 4. The molecule has 0 bridgehead atoms. The second-order valence-electron chi connectivity index (χ2n) is 4.27. The summed E-state index contributed by atoms with van der Waals surface area (Å²) in [5.74, 6) is 0.401. The van der Waals surface area contributed by atoms with Gasteiger partial charge in [0, 0.05) is 13.1 Å². The highest BCUT2D eigenvalue weighted by atomic mass is 35.5. The van der Waals surface area contributed by atoms with E-state index in [1.807, 2.05) is 16.8 Å². The van der Waals surface area contributed by atoms with E-state index in [1.54, 1.807) is 23.5 Å². The third-order valence-corrected chi connectivity index (χ3v) is 3.69. The molecule has 4 nitrogen and oxygen atoms in total. The van der Waals surface area contributed by atoms with Gasteiger partial charge in [-0.3, -0.25) is 4.79 Å². The Bertz CT molecular complexity index is 572. The third-order valence-electron chi connectivity index (χ3n) is 2.65. The van der Waals surface area contributed by atoms with E-state index in [0.29, 0.717) is 17.4 Å². The first-order chi connectivity index (χ1) is 9.70. The summed E-state index contributed by atoms with van der Waals surface area (Å²) in [6.45, 7) is 3.36. The summed E-state index contributed by atoms with van der Waals surface area (Å²) in [5, 5.41) is 10.3. The first kappa shape index (κ1) is 14.8. The van der Waals surface area contributed by atoms with Crippen molar-refractivity contribution in [2.75, 3.05) is 11.9 Å². The van der Waals surface area contributed by atoms with Crippen LogP contribution in [0.1, 0.15) is 29.4 Å². The quantitative estimate of drug-likeness (QED) is 0.858. The van der Waals surface area contributed by atoms with Gasteiger partial charge in [0.05, 0.1) is 5.02 Å². The van der Waals surface area contributed by atoms with Gasteiger partial charge in [0.15, 0.2) is 0 Å². The Morgan fingerprint density at radius 2 is 2.25 bits per heavy atom. The summed E-state index contributed by atoms with van der Waals surface area (Å²) < 4.78 is 0. The van der Waals surface area contributed by atoms with Crippen LogP contribution in [0, 0.1) is 0 Å². The van der Waals surface area contributed by atoms with Crippen LogP contribution in [-0.4, -0.2) is 17.4 Å². The zero-order chi connectivity index (χ0) is 14.4. The van der Waals surface area contributed by atoms with Crippen LogP contribution in [0.2, 0.25) is 5.02 Å². The molecule has 0 fully saturated rings. The van der Waals surface area contributed by atoms with E-state index >= 15 is 0 Å². The summed E-state index contributed by atoms with van der Waals surface area (Å²) in [6, 6.07) is 5.43. The van der Waals surface area contributed by atoms with Gasteiger partial charge in [-0.25, -0.2) is 4.98 Å². The van der Waals surface area contributed by atoms with E-state index in [-0.39, 0.29) is 11.6 Å². The van der Waals surface area contributed by atoms with Gasteiger partial charge in [0.25, 0.3) is 5.91 Å². The molecular weight excluding hydrogens is 294 g/mol. The second kappa shape index (κ2) is 7.26. The molecule has 20 heavy (non-hydrogen) atoms. The van der Waals surface area contributed by atoms with Gasteiger partial charge in [0.1, 0.15) is 11.5 Å². The smallest absolute Gasteiger partial charge is 0.271 e. The van der Waals surface area contributed by atoms with Crippen molar-refractivity contribution in [2.45, 2.75) is 19.9 Å². The fraction of sp³-hybridized carbons (Fsp3) is 0.286. The lowest BCUT2D eigenvalue weighted by Gasteiger charge is -2.08. The Morgan fingerprint density at radius 3 is 2.95 bits per heavy atom. The van der Waals surface area contributed by atoms with Gasteiger partial charge < -0.3 is 10.6 Å². The van der Waals surface area contributed by atoms with Gasteiger partial charge in [0.2, 0.25) is 0 Å². The fourth-order valence-corrected chi connectivity index (χ4v) is 2.47. The average molecular weight is 310 g/mol. The summed E-state index contributed by atoms with van der Waals surface area (Å²) in [4.78, 5) is 16.4. The van der Waals surface area contributed by atoms with Crippen LogP contribution in [0.5, 0.6) is 0 Å². The SMILES string of the molecule is CCCNc1ccc(Cl)c(C(=O)NCc2ccsc2)n1. The largest absolute Gasteiger partial charge is 0.370 e. The van der Waals surface area contributed by atoms with Crippen molar-refractivity contribution >= 4 is 34.7 Å². The van der Waals surface area contributed by atoms with Crippen molar-refractivity contribution in [1.82, 2.24) is 10.3 Å². The Morgan fingerprint density at radius 1 is 1.40 bits per heavy atom. The van der Waals surface area contributed by atoms with Gasteiger partial charge >= 0.3 is 0 Å². The minimum absolute atomic E-state index is 0.253. The van der Waals surface area contributed by atoms with Gasteiger partial charge in [-0.2, -0.15) is 11.3 Å². The Kier molecular flexibility index (Phi) is 5.38. The molecule has 0 atom stereocenters. The zero-order valence-electron chi connectivity index (χ0n) is 11.1. The first-order valence-corrected chi connectivity index (χ1v) is 7.72. The van der Waals surface area contributed by atoms with Crippen molar-refractivity contribution in [2.24, 2.45) is 0 Å². The molecule has 0 radical (unpaired) electrons. The molecule has 0 aliphatic carbocycles. The lowest BCUT2D eigenvalue weighted by Crippen LogP contribution is -2.24. The molecule has 0 aromatic carbocycles. The summed E-state index contributed by atoms with van der Waals surface area (Å²) in [6.07, 6.45) is 0.990. The lowest BCUT2D eigenvalue weighted by atomic mass is 10.3. The van der Waals surface area contributed by atoms with Crippen LogP contribution in [-0.2, 0) is 6.54 Å². The average Bonchev–Trinajstić information content (AvgIpc) is 2.97. The monoisotopic (exact) mass is 309 g/mol. The molecule has 0 aliphatic rings. The number of aromatic nitrogens is 1. The minimum Gasteiger partial charge on any atom is -0.370 e. The van der Waals surface area contributed by atoms with Crippen molar-refractivity contribution in [3.63, 3.8) is 0 Å². The standard InChI is InChI=1S/C14H16ClN3OS/c1-2-6-16-12-4-3-11(15)13(18-12)14(19)17-8-10-5-7-20-9-10/h3-5,7,9H,2,6,8H2,1H3,(H,16,18)(H,17,19). The van der Waals surface area contributed by atoms with E-state index in [0.717, 1.165) is 18.5 Å². The second-order valence-corrected chi connectivity index (χ2v) is 5.46. The number of pyridine rings is 1. The van der Waals surface area contributed by atoms with Crippen LogP contribution in [0.25, 0.3) is 0 Å². The summed E-state index contributed by atoms with van der Waals surface area (Å²) in [5.41, 5.74) is 1.32. The number of anilines is 1. The Balaban J connectivity index is 2.04. The lowest BCUT2D eigenvalue weighted by molar-refractivity contribution is 0.0946. The Hall–Kier alpha value is -1.59. The van der Waals surface area contributed by atoms with Crippen molar-refractivity contribution < 1.29 is 4.79 Å². The molecule has 2 heterocycles. The maximum Gasteiger partial charge on any atom is 0.271 e. The molecule has 0 spiro atoms. The van der Waals surface area contributed by atoms with Crippen LogP contribution in [0.15, 0.2) is 29.0 Å². The third kappa shape index (κ3) is 3.95. The molecule has 2 rings (SSSR count). The van der Waals surface area contributed by atoms with Gasteiger partial charge in [-0.15, -0.1) is 0 Å². The maximum absolute atomic E-state index is 12.1. The number of nitrogens with zero attached hydrogens (tertiary/aromatic N) is 1. The predicted octanol–water partition coefficient (Wildman–Crippen LogP) is 3.55. The van der Waals surface area contributed by atoms with Gasteiger partial charge in [-0.05, 0) is 40.9 Å². The van der Waals surface area contributed by atoms with Crippen LogP contribution < -0.4 is 10.6 Å².